The molecule has 4 heterocycles. The fourth-order valence-corrected chi connectivity index (χ4v) is 6.21. The zero-order valence-electron chi connectivity index (χ0n) is 28.6. The molecule has 4 aromatic carbocycles. The van der Waals surface area contributed by atoms with Crippen molar-refractivity contribution in [2.75, 3.05) is 0 Å². The largest absolute Gasteiger partial charge is 0.501 e. The van der Waals surface area contributed by atoms with Crippen LogP contribution in [0.3, 0.4) is 0 Å². The summed E-state index contributed by atoms with van der Waals surface area (Å²) in [6, 6.07) is 39.6. The molecule has 0 bridgehead atoms. The Hall–Kier alpha value is -4.90. The van der Waals surface area contributed by atoms with Gasteiger partial charge in [0.1, 0.15) is 5.58 Å². The monoisotopic (exact) mass is 819 g/mol. The molecule has 5 nitrogen and oxygen atoms in total. The molecule has 6 heteroatoms. The molecule has 0 spiro atoms. The predicted molar refractivity (Wildman–Crippen MR) is 197 cm³/mol. The molecular formula is C43H38IrN4O-2. The minimum absolute atomic E-state index is 0. The van der Waals surface area contributed by atoms with E-state index in [9.17, 15) is 0 Å². The first-order chi connectivity index (χ1) is 23.3. The van der Waals surface area contributed by atoms with E-state index in [4.69, 9.17) is 14.4 Å². The Kier molecular flexibility index (Phi) is 9.91. The van der Waals surface area contributed by atoms with Crippen LogP contribution in [0.15, 0.2) is 114 Å². The molecule has 8 rings (SSSR count). The van der Waals surface area contributed by atoms with Crippen LogP contribution in [-0.2, 0) is 20.1 Å². The van der Waals surface area contributed by atoms with Gasteiger partial charge in [-0.15, -0.1) is 53.6 Å². The second-order valence-corrected chi connectivity index (χ2v) is 12.9. The summed E-state index contributed by atoms with van der Waals surface area (Å²) in [5.41, 5.74) is 12.3. The van der Waals surface area contributed by atoms with Gasteiger partial charge in [-0.3, -0.25) is 4.98 Å². The maximum absolute atomic E-state index is 6.38. The molecule has 49 heavy (non-hydrogen) atoms. The minimum atomic E-state index is 0. The fourth-order valence-electron chi connectivity index (χ4n) is 6.21. The van der Waals surface area contributed by atoms with Gasteiger partial charge in [0.05, 0.1) is 16.9 Å². The number of benzene rings is 4. The average molecular weight is 819 g/mol. The van der Waals surface area contributed by atoms with Crippen molar-refractivity contribution in [1.29, 1.82) is 0 Å². The molecule has 0 atom stereocenters. The zero-order valence-corrected chi connectivity index (χ0v) is 31.0. The molecule has 0 aliphatic heterocycles. The smallest absolute Gasteiger partial charge is 0.155 e. The number of para-hydroxylation sites is 2. The molecule has 247 valence electrons. The van der Waals surface area contributed by atoms with E-state index in [1.165, 1.54) is 22.3 Å². The third-order valence-corrected chi connectivity index (χ3v) is 8.70. The first-order valence-electron chi connectivity index (χ1n) is 16.5. The molecule has 0 aliphatic rings. The van der Waals surface area contributed by atoms with E-state index in [2.05, 4.69) is 98.8 Å². The van der Waals surface area contributed by atoms with Crippen LogP contribution in [-0.4, -0.2) is 19.5 Å². The third-order valence-electron chi connectivity index (χ3n) is 8.70. The second kappa shape index (κ2) is 14.3. The van der Waals surface area contributed by atoms with Gasteiger partial charge in [-0.25, -0.2) is 4.98 Å². The summed E-state index contributed by atoms with van der Waals surface area (Å²) in [6.45, 7) is 13.0. The van der Waals surface area contributed by atoms with Crippen LogP contribution in [0.2, 0.25) is 0 Å². The van der Waals surface area contributed by atoms with Crippen LogP contribution >= 0.6 is 0 Å². The Balaban J connectivity index is 0.000000234. The van der Waals surface area contributed by atoms with Gasteiger partial charge in [0, 0.05) is 43.6 Å². The fraction of sp³-hybridized carbons (Fsp3) is 0.186. The quantitative estimate of drug-likeness (QED) is 0.162. The number of fused-ring (bicyclic) bond motifs is 4. The number of rotatable bonds is 5. The number of furan rings is 1. The van der Waals surface area contributed by atoms with Gasteiger partial charge in [0.25, 0.3) is 0 Å². The van der Waals surface area contributed by atoms with Gasteiger partial charge in [-0.2, -0.15) is 0 Å². The van der Waals surface area contributed by atoms with Crippen LogP contribution < -0.4 is 0 Å². The van der Waals surface area contributed by atoms with Crippen molar-refractivity contribution in [3.05, 3.63) is 144 Å². The molecule has 0 fully saturated rings. The van der Waals surface area contributed by atoms with E-state index >= 15 is 0 Å². The second-order valence-electron chi connectivity index (χ2n) is 12.9. The van der Waals surface area contributed by atoms with Gasteiger partial charge >= 0.3 is 0 Å². The number of aromatic nitrogens is 4. The number of hydrogen-bond donors (Lipinski definition) is 0. The average Bonchev–Trinajstić information content (AvgIpc) is 3.68. The Labute approximate surface area is 301 Å². The number of nitrogens with zero attached hydrogens (tertiary/aromatic N) is 4. The van der Waals surface area contributed by atoms with Crippen molar-refractivity contribution in [3.63, 3.8) is 0 Å². The van der Waals surface area contributed by atoms with Crippen molar-refractivity contribution < 1.29 is 24.5 Å². The summed E-state index contributed by atoms with van der Waals surface area (Å²) in [5, 5.41) is 2.16. The van der Waals surface area contributed by atoms with Gasteiger partial charge in [-0.05, 0) is 59.3 Å². The van der Waals surface area contributed by atoms with Crippen LogP contribution in [0.4, 0.5) is 0 Å². The first-order valence-corrected chi connectivity index (χ1v) is 16.5. The molecule has 0 unspecified atom stereocenters. The number of imidazole rings is 1. The molecule has 1 radical (unpaired) electrons. The van der Waals surface area contributed by atoms with Crippen LogP contribution in [0.5, 0.6) is 0 Å². The number of pyridine rings is 2. The topological polar surface area (TPSA) is 56.7 Å². The van der Waals surface area contributed by atoms with Crippen LogP contribution in [0.25, 0.3) is 61.4 Å². The molecule has 0 N–H and O–H groups in total. The number of hydrogen-bond acceptors (Lipinski definition) is 4. The van der Waals surface area contributed by atoms with E-state index in [1.54, 1.807) is 0 Å². The Morgan fingerprint density at radius 1 is 0.714 bits per heavy atom. The van der Waals surface area contributed by atoms with E-state index in [0.29, 0.717) is 11.8 Å². The van der Waals surface area contributed by atoms with E-state index in [0.717, 1.165) is 61.4 Å². The predicted octanol–water partition coefficient (Wildman–Crippen LogP) is 11.2. The summed E-state index contributed by atoms with van der Waals surface area (Å²) >= 11 is 0. The van der Waals surface area contributed by atoms with Gasteiger partial charge < -0.3 is 14.0 Å². The first kappa shape index (κ1) is 34.0. The Morgan fingerprint density at radius 3 is 2.16 bits per heavy atom. The summed E-state index contributed by atoms with van der Waals surface area (Å²) in [5.74, 6) is 1.48. The summed E-state index contributed by atoms with van der Waals surface area (Å²) < 4.78 is 8.60. The van der Waals surface area contributed by atoms with Gasteiger partial charge in [0.2, 0.25) is 0 Å². The van der Waals surface area contributed by atoms with E-state index in [-0.39, 0.29) is 20.1 Å². The van der Waals surface area contributed by atoms with Crippen molar-refractivity contribution in [1.82, 2.24) is 19.5 Å². The van der Waals surface area contributed by atoms with Crippen LogP contribution in [0.1, 0.15) is 61.8 Å². The molecule has 0 amide bonds. The number of aryl methyl sites for hydroxylation is 2. The summed E-state index contributed by atoms with van der Waals surface area (Å²) in [7, 11) is 0. The summed E-state index contributed by atoms with van der Waals surface area (Å²) in [4.78, 5) is 14.2. The van der Waals surface area contributed by atoms with E-state index in [1.807, 2.05) is 73.9 Å². The Morgan fingerprint density at radius 2 is 1.47 bits per heavy atom. The van der Waals surface area contributed by atoms with Gasteiger partial charge in [0.15, 0.2) is 5.65 Å². The Bertz CT molecular complexity index is 2300. The van der Waals surface area contributed by atoms with Gasteiger partial charge in [-0.1, -0.05) is 94.1 Å². The molecule has 4 aromatic heterocycles. The van der Waals surface area contributed by atoms with Crippen molar-refractivity contribution in [3.8, 4) is 28.3 Å². The molecular weight excluding hydrogens is 781 g/mol. The molecule has 0 saturated heterocycles. The normalized spacial score (nSPS) is 11.3. The molecule has 0 saturated carbocycles. The third kappa shape index (κ3) is 6.59. The SMILES string of the molecule is CC(C)c1cccc(C(C)C)c1-n1c(-c2[c-]ccc3c2oc2ccccc23)nc2cccnc21.Cc1c[c-]c(-c2ccc(C)cn2)cc1.[Ir]. The van der Waals surface area contributed by atoms with E-state index < -0.39 is 0 Å². The van der Waals surface area contributed by atoms with Crippen molar-refractivity contribution in [2.24, 2.45) is 0 Å². The maximum Gasteiger partial charge on any atom is 0.155 e. The van der Waals surface area contributed by atoms with Crippen molar-refractivity contribution >= 4 is 33.1 Å². The maximum atomic E-state index is 6.38. The van der Waals surface area contributed by atoms with Crippen molar-refractivity contribution in [2.45, 2.75) is 53.4 Å². The zero-order chi connectivity index (χ0) is 33.4. The molecule has 0 aliphatic carbocycles. The van der Waals surface area contributed by atoms with Crippen LogP contribution in [0, 0.1) is 26.0 Å². The minimum Gasteiger partial charge on any atom is -0.501 e. The summed E-state index contributed by atoms with van der Waals surface area (Å²) in [6.07, 6.45) is 3.71. The standard InChI is InChI=1S/C30H26N3O.C13H12N.Ir/c1-18(2)20-11-7-12-21(19(3)4)27(20)33-29(32-25-15-9-17-31-30(25)33)24-14-8-13-23-22-10-5-6-16-26(22)34-28(23)24;1-10-3-6-12(7-4-10)13-8-5-11(2)9-14-13;/h5-13,15-19H,1-4H3;3-6,8-9H,1-2H3;/q2*-1;. The molecule has 8 aromatic rings.